The highest BCUT2D eigenvalue weighted by Crippen LogP contribution is 2.34. The molecule has 68 valence electrons. The third kappa shape index (κ3) is 1.57. The van der Waals surface area contributed by atoms with Crippen LogP contribution in [0.1, 0.15) is 25.5 Å². The first-order chi connectivity index (χ1) is 6.29. The maximum atomic E-state index is 8.58. The highest BCUT2D eigenvalue weighted by Gasteiger charge is 2.26. The van der Waals surface area contributed by atoms with Gasteiger partial charge < -0.3 is 0 Å². The summed E-state index contributed by atoms with van der Waals surface area (Å²) < 4.78 is 1.89. The smallest absolute Gasteiger partial charge is 0.162 e. The highest BCUT2D eigenvalue weighted by atomic mass is 15.3. The van der Waals surface area contributed by atoms with Gasteiger partial charge >= 0.3 is 0 Å². The number of hydrogen-bond donors (Lipinski definition) is 0. The van der Waals surface area contributed by atoms with Gasteiger partial charge in [-0.3, -0.25) is 4.68 Å². The molecule has 1 saturated carbocycles. The zero-order valence-electron chi connectivity index (χ0n) is 7.77. The number of nitrogens with zero attached hydrogens (tertiary/aromatic N) is 3. The van der Waals surface area contributed by atoms with E-state index in [4.69, 9.17) is 5.26 Å². The van der Waals surface area contributed by atoms with Gasteiger partial charge in [-0.15, -0.1) is 0 Å². The second-order valence-electron chi connectivity index (χ2n) is 3.85. The SMILES string of the molecule is C[C@H]1CC[C@@H]1Cn1ccc(C#N)n1. The lowest BCUT2D eigenvalue weighted by molar-refractivity contribution is 0.165. The van der Waals surface area contributed by atoms with E-state index in [9.17, 15) is 0 Å². The van der Waals surface area contributed by atoms with Crippen molar-refractivity contribution in [3.63, 3.8) is 0 Å². The highest BCUT2D eigenvalue weighted by molar-refractivity contribution is 5.16. The average molecular weight is 175 g/mol. The predicted octanol–water partition coefficient (Wildman–Crippen LogP) is 1.80. The minimum atomic E-state index is 0.520. The quantitative estimate of drug-likeness (QED) is 0.687. The third-order valence-electron chi connectivity index (χ3n) is 2.97. The van der Waals surface area contributed by atoms with Crippen LogP contribution in [-0.4, -0.2) is 9.78 Å². The van der Waals surface area contributed by atoms with Crippen LogP contribution in [0.15, 0.2) is 12.3 Å². The van der Waals surface area contributed by atoms with Crippen molar-refractivity contribution >= 4 is 0 Å². The molecule has 2 rings (SSSR count). The van der Waals surface area contributed by atoms with Crippen LogP contribution in [0.4, 0.5) is 0 Å². The Morgan fingerprint density at radius 1 is 1.69 bits per heavy atom. The lowest BCUT2D eigenvalue weighted by Crippen LogP contribution is -2.27. The van der Waals surface area contributed by atoms with Gasteiger partial charge in [0.05, 0.1) is 0 Å². The minimum Gasteiger partial charge on any atom is -0.271 e. The number of hydrogen-bond acceptors (Lipinski definition) is 2. The van der Waals surface area contributed by atoms with Gasteiger partial charge in [-0.05, 0) is 24.3 Å². The fourth-order valence-corrected chi connectivity index (χ4v) is 1.77. The molecule has 3 heteroatoms. The van der Waals surface area contributed by atoms with Gasteiger partial charge in [-0.1, -0.05) is 13.3 Å². The summed E-state index contributed by atoms with van der Waals surface area (Å²) in [6.45, 7) is 3.26. The summed E-state index contributed by atoms with van der Waals surface area (Å²) in [6.07, 6.45) is 4.55. The van der Waals surface area contributed by atoms with Crippen LogP contribution in [0.25, 0.3) is 0 Å². The van der Waals surface area contributed by atoms with Crippen LogP contribution in [0.5, 0.6) is 0 Å². The lowest BCUT2D eigenvalue weighted by atomic mass is 9.75. The van der Waals surface area contributed by atoms with E-state index >= 15 is 0 Å². The topological polar surface area (TPSA) is 41.6 Å². The molecule has 0 bridgehead atoms. The van der Waals surface area contributed by atoms with E-state index in [-0.39, 0.29) is 0 Å². The molecule has 1 heterocycles. The lowest BCUT2D eigenvalue weighted by Gasteiger charge is -2.33. The van der Waals surface area contributed by atoms with E-state index in [0.717, 1.165) is 18.4 Å². The Balaban J connectivity index is 1.98. The molecular formula is C10H13N3. The monoisotopic (exact) mass is 175 g/mol. The summed E-state index contributed by atoms with van der Waals surface area (Å²) in [5, 5.41) is 12.7. The Morgan fingerprint density at radius 2 is 2.54 bits per heavy atom. The van der Waals surface area contributed by atoms with Crippen molar-refractivity contribution in [2.75, 3.05) is 0 Å². The van der Waals surface area contributed by atoms with Crippen molar-refractivity contribution in [2.45, 2.75) is 26.3 Å². The van der Waals surface area contributed by atoms with Crippen LogP contribution in [0.3, 0.4) is 0 Å². The molecule has 3 nitrogen and oxygen atoms in total. The Kier molecular flexibility index (Phi) is 2.05. The van der Waals surface area contributed by atoms with E-state index in [1.807, 2.05) is 16.9 Å². The van der Waals surface area contributed by atoms with Crippen molar-refractivity contribution < 1.29 is 0 Å². The van der Waals surface area contributed by atoms with Crippen LogP contribution in [-0.2, 0) is 6.54 Å². The zero-order chi connectivity index (χ0) is 9.26. The van der Waals surface area contributed by atoms with Gasteiger partial charge in [0.1, 0.15) is 6.07 Å². The zero-order valence-corrected chi connectivity index (χ0v) is 7.77. The molecule has 0 saturated heterocycles. The van der Waals surface area contributed by atoms with Gasteiger partial charge in [0.2, 0.25) is 0 Å². The van der Waals surface area contributed by atoms with E-state index in [2.05, 4.69) is 12.0 Å². The van der Waals surface area contributed by atoms with E-state index in [1.54, 1.807) is 6.07 Å². The van der Waals surface area contributed by atoms with Crippen molar-refractivity contribution in [1.82, 2.24) is 9.78 Å². The summed E-state index contributed by atoms with van der Waals surface area (Å²) in [6, 6.07) is 3.80. The minimum absolute atomic E-state index is 0.520. The second-order valence-corrected chi connectivity index (χ2v) is 3.85. The Bertz CT molecular complexity index is 334. The van der Waals surface area contributed by atoms with Gasteiger partial charge in [-0.2, -0.15) is 10.4 Å². The average Bonchev–Trinajstić information content (AvgIpc) is 2.59. The predicted molar refractivity (Wildman–Crippen MR) is 48.8 cm³/mol. The largest absolute Gasteiger partial charge is 0.271 e. The van der Waals surface area contributed by atoms with Crippen LogP contribution in [0, 0.1) is 23.2 Å². The van der Waals surface area contributed by atoms with E-state index in [1.165, 1.54) is 12.8 Å². The molecule has 0 unspecified atom stereocenters. The molecule has 0 radical (unpaired) electrons. The molecule has 0 N–H and O–H groups in total. The summed E-state index contributed by atoms with van der Waals surface area (Å²) in [5.41, 5.74) is 0.520. The standard InChI is InChI=1S/C10H13N3/c1-8-2-3-9(8)7-13-5-4-10(6-11)12-13/h4-5,8-9H,2-3,7H2,1H3/t8-,9+/m0/s1. The summed E-state index contributed by atoms with van der Waals surface area (Å²) in [7, 11) is 0. The van der Waals surface area contributed by atoms with Crippen LogP contribution >= 0.6 is 0 Å². The maximum absolute atomic E-state index is 8.58. The van der Waals surface area contributed by atoms with Crippen molar-refractivity contribution in [3.05, 3.63) is 18.0 Å². The first-order valence-corrected chi connectivity index (χ1v) is 4.73. The van der Waals surface area contributed by atoms with Gasteiger partial charge in [-0.25, -0.2) is 0 Å². The van der Waals surface area contributed by atoms with Crippen LogP contribution in [0.2, 0.25) is 0 Å². The number of rotatable bonds is 2. The molecule has 0 aliphatic heterocycles. The Morgan fingerprint density at radius 3 is 3.00 bits per heavy atom. The molecule has 1 aromatic heterocycles. The maximum Gasteiger partial charge on any atom is 0.162 e. The Labute approximate surface area is 78.0 Å². The molecule has 0 amide bonds. The summed E-state index contributed by atoms with van der Waals surface area (Å²) in [5.74, 6) is 1.60. The molecule has 1 aliphatic carbocycles. The fraction of sp³-hybridized carbons (Fsp3) is 0.600. The number of nitriles is 1. The van der Waals surface area contributed by atoms with Crippen molar-refractivity contribution in [3.8, 4) is 6.07 Å². The molecule has 0 spiro atoms. The summed E-state index contributed by atoms with van der Waals surface area (Å²) in [4.78, 5) is 0. The van der Waals surface area contributed by atoms with Gasteiger partial charge in [0, 0.05) is 12.7 Å². The number of aromatic nitrogens is 2. The van der Waals surface area contributed by atoms with Gasteiger partial charge in [0.25, 0.3) is 0 Å². The van der Waals surface area contributed by atoms with Crippen LogP contribution < -0.4 is 0 Å². The Hall–Kier alpha value is -1.30. The molecule has 0 aromatic carbocycles. The second kappa shape index (κ2) is 3.21. The molecule has 1 fully saturated rings. The summed E-state index contributed by atoms with van der Waals surface area (Å²) >= 11 is 0. The van der Waals surface area contributed by atoms with Crippen molar-refractivity contribution in [1.29, 1.82) is 5.26 Å². The molecule has 2 atom stereocenters. The third-order valence-corrected chi connectivity index (χ3v) is 2.97. The molecular weight excluding hydrogens is 162 g/mol. The first kappa shape index (κ1) is 8.31. The first-order valence-electron chi connectivity index (χ1n) is 4.73. The van der Waals surface area contributed by atoms with E-state index in [0.29, 0.717) is 5.69 Å². The van der Waals surface area contributed by atoms with Gasteiger partial charge in [0.15, 0.2) is 5.69 Å². The fourth-order valence-electron chi connectivity index (χ4n) is 1.77. The van der Waals surface area contributed by atoms with Crippen molar-refractivity contribution in [2.24, 2.45) is 11.8 Å². The normalized spacial score (nSPS) is 26.5. The molecule has 1 aliphatic rings. The molecule has 13 heavy (non-hydrogen) atoms. The molecule has 1 aromatic rings. The van der Waals surface area contributed by atoms with E-state index < -0.39 is 0 Å².